The number of anilines is 1. The van der Waals surface area contributed by atoms with Gasteiger partial charge < -0.3 is 9.88 Å². The van der Waals surface area contributed by atoms with Gasteiger partial charge >= 0.3 is 0 Å². The Hall–Kier alpha value is -2.35. The molecule has 3 aliphatic rings. The summed E-state index contributed by atoms with van der Waals surface area (Å²) in [4.78, 5) is 9.10. The number of piperazine rings is 1. The molecule has 2 aliphatic heterocycles. The maximum atomic E-state index is 12.6. The van der Waals surface area contributed by atoms with E-state index >= 15 is 0 Å². The number of sulfonamides is 1. The fraction of sp³-hybridized carbons (Fsp3) is 0.481. The Morgan fingerprint density at radius 3 is 2.62 bits per heavy atom. The van der Waals surface area contributed by atoms with E-state index in [0.29, 0.717) is 16.9 Å². The maximum absolute atomic E-state index is 12.6. The summed E-state index contributed by atoms with van der Waals surface area (Å²) in [7, 11) is -3.41. The van der Waals surface area contributed by atoms with Gasteiger partial charge in [-0.05, 0) is 80.8 Å². The van der Waals surface area contributed by atoms with Gasteiger partial charge in [0.2, 0.25) is 10.0 Å². The summed E-state index contributed by atoms with van der Waals surface area (Å²) in [5.41, 5.74) is 4.13. The zero-order valence-corrected chi connectivity index (χ0v) is 20.4. The standard InChI is InChI=1S/C27H34N4O2S/c32-34(33,24-5-2-1-3-6-24)29-22-11-9-20(10-12-22)13-14-30-15-16-31-23(19-30)17-21-18-28-25-7-4-8-26(31)27(21)25/h1-8,18,20,22-23,28-29H,9-17,19H2. The van der Waals surface area contributed by atoms with Crippen molar-refractivity contribution in [3.63, 3.8) is 0 Å². The number of nitrogens with zero attached hydrogens (tertiary/aromatic N) is 2. The summed E-state index contributed by atoms with van der Waals surface area (Å²) in [6.45, 7) is 4.51. The number of hydrogen-bond donors (Lipinski definition) is 2. The average molecular weight is 479 g/mol. The smallest absolute Gasteiger partial charge is 0.240 e. The summed E-state index contributed by atoms with van der Waals surface area (Å²) in [6, 6.07) is 16.0. The highest BCUT2D eigenvalue weighted by atomic mass is 32.2. The number of nitrogens with one attached hydrogen (secondary N) is 2. The molecule has 1 saturated heterocycles. The third kappa shape index (κ3) is 4.25. The zero-order valence-electron chi connectivity index (χ0n) is 19.6. The first kappa shape index (κ1) is 22.1. The molecule has 2 aromatic carbocycles. The van der Waals surface area contributed by atoms with Crippen LogP contribution in [0.3, 0.4) is 0 Å². The number of hydrogen-bond acceptors (Lipinski definition) is 4. The van der Waals surface area contributed by atoms with Crippen molar-refractivity contribution in [2.45, 2.75) is 55.5 Å². The molecule has 0 radical (unpaired) electrons. The maximum Gasteiger partial charge on any atom is 0.240 e. The van der Waals surface area contributed by atoms with Gasteiger partial charge in [0.1, 0.15) is 0 Å². The Morgan fingerprint density at radius 2 is 1.79 bits per heavy atom. The summed E-state index contributed by atoms with van der Waals surface area (Å²) >= 11 is 0. The third-order valence-electron chi connectivity index (χ3n) is 8.17. The summed E-state index contributed by atoms with van der Waals surface area (Å²) in [5.74, 6) is 0.701. The first-order valence-corrected chi connectivity index (χ1v) is 14.2. The Balaban J connectivity index is 0.991. The molecule has 1 aliphatic carbocycles. The van der Waals surface area contributed by atoms with E-state index in [1.807, 2.05) is 6.07 Å². The first-order chi connectivity index (χ1) is 16.6. The molecule has 34 heavy (non-hydrogen) atoms. The molecule has 3 heterocycles. The second kappa shape index (κ2) is 9.02. The molecule has 0 amide bonds. The van der Waals surface area contributed by atoms with Crippen LogP contribution in [-0.4, -0.2) is 56.6 Å². The van der Waals surface area contributed by atoms with E-state index < -0.39 is 10.0 Å². The van der Waals surface area contributed by atoms with Crippen LogP contribution >= 0.6 is 0 Å². The monoisotopic (exact) mass is 478 g/mol. The molecule has 1 aromatic heterocycles. The van der Waals surface area contributed by atoms with Crippen LogP contribution in [0.5, 0.6) is 0 Å². The van der Waals surface area contributed by atoms with Crippen molar-refractivity contribution >= 4 is 26.6 Å². The zero-order chi connectivity index (χ0) is 23.1. The van der Waals surface area contributed by atoms with Crippen LogP contribution in [0.2, 0.25) is 0 Å². The summed E-state index contributed by atoms with van der Waals surface area (Å²) < 4.78 is 28.2. The van der Waals surface area contributed by atoms with Gasteiger partial charge in [-0.3, -0.25) is 4.90 Å². The van der Waals surface area contributed by atoms with Crippen molar-refractivity contribution in [1.82, 2.24) is 14.6 Å². The van der Waals surface area contributed by atoms with Crippen LogP contribution in [0, 0.1) is 5.92 Å². The molecule has 1 saturated carbocycles. The highest BCUT2D eigenvalue weighted by Crippen LogP contribution is 2.38. The lowest BCUT2D eigenvalue weighted by atomic mass is 9.84. The Morgan fingerprint density at radius 1 is 0.971 bits per heavy atom. The Kier molecular flexibility index (Phi) is 5.87. The molecule has 3 aromatic rings. The number of H-pyrrole nitrogens is 1. The van der Waals surface area contributed by atoms with Gasteiger partial charge in [0, 0.05) is 54.5 Å². The topological polar surface area (TPSA) is 68.4 Å². The fourth-order valence-electron chi connectivity index (χ4n) is 6.32. The van der Waals surface area contributed by atoms with Crippen molar-refractivity contribution in [1.29, 1.82) is 0 Å². The van der Waals surface area contributed by atoms with Crippen molar-refractivity contribution in [3.8, 4) is 0 Å². The lowest BCUT2D eigenvalue weighted by molar-refractivity contribution is 0.191. The molecule has 2 N–H and O–H groups in total. The van der Waals surface area contributed by atoms with Crippen LogP contribution in [0.4, 0.5) is 5.69 Å². The molecule has 180 valence electrons. The van der Waals surface area contributed by atoms with E-state index in [1.165, 1.54) is 28.6 Å². The van der Waals surface area contributed by atoms with Gasteiger partial charge in [-0.2, -0.15) is 0 Å². The quantitative estimate of drug-likeness (QED) is 0.559. The molecule has 6 rings (SSSR count). The molecule has 1 atom stereocenters. The third-order valence-corrected chi connectivity index (χ3v) is 9.71. The highest BCUT2D eigenvalue weighted by molar-refractivity contribution is 7.89. The molecular formula is C27H34N4O2S. The summed E-state index contributed by atoms with van der Waals surface area (Å²) in [6.07, 6.45) is 8.64. The van der Waals surface area contributed by atoms with Crippen LogP contribution in [0.1, 0.15) is 37.7 Å². The summed E-state index contributed by atoms with van der Waals surface area (Å²) in [5, 5.41) is 1.42. The molecule has 0 spiro atoms. The average Bonchev–Trinajstić information content (AvgIpc) is 3.28. The van der Waals surface area contributed by atoms with E-state index in [9.17, 15) is 8.42 Å². The van der Waals surface area contributed by atoms with Crippen molar-refractivity contribution < 1.29 is 8.42 Å². The molecule has 0 bridgehead atoms. The van der Waals surface area contributed by atoms with E-state index in [0.717, 1.165) is 58.3 Å². The second-order valence-electron chi connectivity index (χ2n) is 10.3. The van der Waals surface area contributed by atoms with Crippen molar-refractivity contribution in [2.75, 3.05) is 31.1 Å². The fourth-order valence-corrected chi connectivity index (χ4v) is 7.65. The molecular weight excluding hydrogens is 444 g/mol. The van der Waals surface area contributed by atoms with Crippen LogP contribution in [0.25, 0.3) is 10.9 Å². The normalized spacial score (nSPS) is 25.4. The predicted molar refractivity (Wildman–Crippen MR) is 137 cm³/mol. The minimum Gasteiger partial charge on any atom is -0.365 e. The van der Waals surface area contributed by atoms with E-state index in [1.54, 1.807) is 24.3 Å². The SMILES string of the molecule is O=S(=O)(NC1CCC(CCN2CCN3c4cccc5[nH]cc(c45)CC3C2)CC1)c1ccccc1. The van der Waals surface area contributed by atoms with E-state index in [2.05, 4.69) is 43.9 Å². The van der Waals surface area contributed by atoms with E-state index in [-0.39, 0.29) is 6.04 Å². The largest absolute Gasteiger partial charge is 0.365 e. The Bertz CT molecular complexity index is 1250. The van der Waals surface area contributed by atoms with E-state index in [4.69, 9.17) is 0 Å². The van der Waals surface area contributed by atoms with Crippen LogP contribution < -0.4 is 9.62 Å². The minimum atomic E-state index is -3.41. The van der Waals surface area contributed by atoms with Gasteiger partial charge in [-0.15, -0.1) is 0 Å². The predicted octanol–water partition coefficient (Wildman–Crippen LogP) is 4.14. The molecule has 6 nitrogen and oxygen atoms in total. The van der Waals surface area contributed by atoms with Crippen molar-refractivity contribution in [2.24, 2.45) is 5.92 Å². The van der Waals surface area contributed by atoms with Gasteiger partial charge in [-0.25, -0.2) is 13.1 Å². The minimum absolute atomic E-state index is 0.0606. The number of fused-ring (bicyclic) bond motifs is 2. The van der Waals surface area contributed by atoms with Gasteiger partial charge in [0.05, 0.1) is 4.90 Å². The van der Waals surface area contributed by atoms with Gasteiger partial charge in [0.15, 0.2) is 0 Å². The van der Waals surface area contributed by atoms with Crippen LogP contribution in [-0.2, 0) is 16.4 Å². The second-order valence-corrected chi connectivity index (χ2v) is 12.0. The molecule has 7 heteroatoms. The van der Waals surface area contributed by atoms with Gasteiger partial charge in [0.25, 0.3) is 0 Å². The molecule has 2 fully saturated rings. The number of rotatable bonds is 6. The lowest BCUT2D eigenvalue weighted by Gasteiger charge is -2.45. The van der Waals surface area contributed by atoms with Crippen molar-refractivity contribution in [3.05, 3.63) is 60.3 Å². The lowest BCUT2D eigenvalue weighted by Crippen LogP contribution is -2.55. The number of aromatic nitrogens is 1. The first-order valence-electron chi connectivity index (χ1n) is 12.7. The van der Waals surface area contributed by atoms with Crippen LogP contribution in [0.15, 0.2) is 59.6 Å². The molecule has 1 unspecified atom stereocenters. The Labute approximate surface area is 202 Å². The van der Waals surface area contributed by atoms with Gasteiger partial charge in [-0.1, -0.05) is 24.3 Å². The number of benzene rings is 2. The number of aromatic amines is 1. The highest BCUT2D eigenvalue weighted by Gasteiger charge is 2.33.